The summed E-state index contributed by atoms with van der Waals surface area (Å²) in [6, 6.07) is 3.74. The van der Waals surface area contributed by atoms with Gasteiger partial charge in [-0.3, -0.25) is 14.9 Å². The maximum atomic E-state index is 13.4. The van der Waals surface area contributed by atoms with E-state index in [-0.39, 0.29) is 12.5 Å². The molecule has 1 heterocycles. The average Bonchev–Trinajstić information content (AvgIpc) is 2.47. The predicted molar refractivity (Wildman–Crippen MR) is 75.2 cm³/mol. The smallest absolute Gasteiger partial charge is 0.304 e. The van der Waals surface area contributed by atoms with Crippen molar-refractivity contribution in [3.63, 3.8) is 0 Å². The lowest BCUT2D eigenvalue weighted by Crippen LogP contribution is -2.40. The van der Waals surface area contributed by atoms with Crippen molar-refractivity contribution in [2.75, 3.05) is 19.6 Å². The van der Waals surface area contributed by atoms with Crippen LogP contribution in [-0.2, 0) is 11.3 Å². The van der Waals surface area contributed by atoms with E-state index in [4.69, 9.17) is 0 Å². The molecule has 1 aromatic carbocycles. The molecule has 1 saturated heterocycles. The van der Waals surface area contributed by atoms with E-state index in [1.807, 2.05) is 4.90 Å². The highest BCUT2D eigenvalue weighted by Gasteiger charge is 2.16. The van der Waals surface area contributed by atoms with Crippen LogP contribution in [0.1, 0.15) is 24.8 Å². The van der Waals surface area contributed by atoms with Gasteiger partial charge >= 0.3 is 5.69 Å². The molecule has 0 saturated carbocycles. The minimum Gasteiger partial charge on any atom is -0.342 e. The number of nitro groups is 1. The zero-order valence-corrected chi connectivity index (χ0v) is 11.7. The predicted octanol–water partition coefficient (Wildman–Crippen LogP) is 1.84. The number of hydrogen-bond donors (Lipinski definition) is 1. The summed E-state index contributed by atoms with van der Waals surface area (Å²) < 4.78 is 13.4. The van der Waals surface area contributed by atoms with Crippen LogP contribution < -0.4 is 5.32 Å². The fourth-order valence-corrected chi connectivity index (χ4v) is 2.38. The largest absolute Gasteiger partial charge is 0.342 e. The molecule has 21 heavy (non-hydrogen) atoms. The monoisotopic (exact) mass is 295 g/mol. The van der Waals surface area contributed by atoms with Crippen molar-refractivity contribution < 1.29 is 14.1 Å². The Kier molecular flexibility index (Phi) is 5.21. The number of carbonyl (C=O) groups excluding carboxylic acids is 1. The van der Waals surface area contributed by atoms with E-state index in [0.717, 1.165) is 38.1 Å². The standard InChI is InChI=1S/C14H18FN3O3/c15-12-8-11(4-5-13(12)18(20)21)9-16-10-14(19)17-6-2-1-3-7-17/h4-5,8,16H,1-3,6-7,9-10H2. The first kappa shape index (κ1) is 15.4. The SMILES string of the molecule is O=C(CNCc1ccc([N+](=O)[O-])c(F)c1)N1CCCCC1. The lowest BCUT2D eigenvalue weighted by Gasteiger charge is -2.26. The lowest BCUT2D eigenvalue weighted by atomic mass is 10.1. The van der Waals surface area contributed by atoms with Crippen LogP contribution >= 0.6 is 0 Å². The second kappa shape index (κ2) is 7.12. The molecule has 0 radical (unpaired) electrons. The molecule has 0 unspecified atom stereocenters. The molecule has 2 rings (SSSR count). The van der Waals surface area contributed by atoms with Gasteiger partial charge < -0.3 is 10.2 Å². The number of nitrogens with zero attached hydrogens (tertiary/aromatic N) is 2. The van der Waals surface area contributed by atoms with Crippen LogP contribution in [0, 0.1) is 15.9 Å². The first-order valence-electron chi connectivity index (χ1n) is 6.99. The summed E-state index contributed by atoms with van der Waals surface area (Å²) in [5, 5.41) is 13.5. The summed E-state index contributed by atoms with van der Waals surface area (Å²) in [6.45, 7) is 2.09. The number of benzene rings is 1. The Morgan fingerprint density at radius 3 is 2.67 bits per heavy atom. The van der Waals surface area contributed by atoms with Gasteiger partial charge in [0, 0.05) is 25.7 Å². The van der Waals surface area contributed by atoms with Crippen molar-refractivity contribution in [2.24, 2.45) is 0 Å². The Labute approximate surface area is 122 Å². The highest BCUT2D eigenvalue weighted by atomic mass is 19.1. The zero-order valence-electron chi connectivity index (χ0n) is 11.7. The van der Waals surface area contributed by atoms with Gasteiger partial charge in [0.15, 0.2) is 0 Å². The Hall–Kier alpha value is -2.02. The summed E-state index contributed by atoms with van der Waals surface area (Å²) >= 11 is 0. The molecule has 1 N–H and O–H groups in total. The van der Waals surface area contributed by atoms with Crippen LogP contribution in [0.3, 0.4) is 0 Å². The molecular weight excluding hydrogens is 277 g/mol. The van der Waals surface area contributed by atoms with E-state index < -0.39 is 16.4 Å². The van der Waals surface area contributed by atoms with E-state index in [2.05, 4.69) is 5.32 Å². The van der Waals surface area contributed by atoms with E-state index in [1.165, 1.54) is 12.5 Å². The van der Waals surface area contributed by atoms with Crippen molar-refractivity contribution in [2.45, 2.75) is 25.8 Å². The number of likely N-dealkylation sites (tertiary alicyclic amines) is 1. The van der Waals surface area contributed by atoms with Crippen LogP contribution in [0.4, 0.5) is 10.1 Å². The van der Waals surface area contributed by atoms with Crippen molar-refractivity contribution in [1.29, 1.82) is 0 Å². The minimum absolute atomic E-state index is 0.0390. The van der Waals surface area contributed by atoms with Crippen molar-refractivity contribution in [1.82, 2.24) is 10.2 Å². The molecule has 0 aliphatic carbocycles. The zero-order chi connectivity index (χ0) is 15.2. The topological polar surface area (TPSA) is 75.5 Å². The minimum atomic E-state index is -0.860. The highest BCUT2D eigenvalue weighted by molar-refractivity contribution is 5.78. The highest BCUT2D eigenvalue weighted by Crippen LogP contribution is 2.17. The maximum absolute atomic E-state index is 13.4. The van der Waals surface area contributed by atoms with Crippen LogP contribution in [-0.4, -0.2) is 35.4 Å². The normalized spacial score (nSPS) is 15.0. The molecular formula is C14H18FN3O3. The molecule has 0 spiro atoms. The molecule has 1 aromatic rings. The molecule has 1 amide bonds. The summed E-state index contributed by atoms with van der Waals surface area (Å²) in [5.41, 5.74) is 0.0349. The van der Waals surface area contributed by atoms with Gasteiger partial charge in [0.05, 0.1) is 11.5 Å². The first-order valence-corrected chi connectivity index (χ1v) is 6.99. The Bertz CT molecular complexity index is 530. The molecule has 0 atom stereocenters. The number of hydrogen-bond acceptors (Lipinski definition) is 4. The van der Waals surface area contributed by atoms with Crippen LogP contribution in [0.15, 0.2) is 18.2 Å². The fraction of sp³-hybridized carbons (Fsp3) is 0.500. The van der Waals surface area contributed by atoms with Gasteiger partial charge in [-0.1, -0.05) is 6.07 Å². The molecule has 6 nitrogen and oxygen atoms in total. The Morgan fingerprint density at radius 2 is 2.05 bits per heavy atom. The van der Waals surface area contributed by atoms with E-state index in [0.29, 0.717) is 12.1 Å². The van der Waals surface area contributed by atoms with Gasteiger partial charge in [-0.25, -0.2) is 0 Å². The van der Waals surface area contributed by atoms with Gasteiger partial charge in [-0.05, 0) is 30.9 Å². The Morgan fingerprint density at radius 1 is 1.33 bits per heavy atom. The second-order valence-corrected chi connectivity index (χ2v) is 5.09. The summed E-state index contributed by atoms with van der Waals surface area (Å²) in [6.07, 6.45) is 3.25. The number of amides is 1. The number of piperidine rings is 1. The van der Waals surface area contributed by atoms with Gasteiger partial charge in [-0.15, -0.1) is 0 Å². The second-order valence-electron chi connectivity index (χ2n) is 5.09. The quantitative estimate of drug-likeness (QED) is 0.664. The first-order chi connectivity index (χ1) is 10.1. The van der Waals surface area contributed by atoms with Crippen molar-refractivity contribution >= 4 is 11.6 Å². The maximum Gasteiger partial charge on any atom is 0.304 e. The molecule has 0 bridgehead atoms. The molecule has 1 aliphatic rings. The van der Waals surface area contributed by atoms with Gasteiger partial charge in [0.1, 0.15) is 0 Å². The van der Waals surface area contributed by atoms with Crippen molar-refractivity contribution in [3.05, 3.63) is 39.7 Å². The number of carbonyl (C=O) groups is 1. The molecule has 7 heteroatoms. The van der Waals surface area contributed by atoms with Gasteiger partial charge in [0.25, 0.3) is 0 Å². The molecule has 114 valence electrons. The fourth-order valence-electron chi connectivity index (χ4n) is 2.38. The van der Waals surface area contributed by atoms with E-state index in [9.17, 15) is 19.3 Å². The lowest BCUT2D eigenvalue weighted by molar-refractivity contribution is -0.387. The van der Waals surface area contributed by atoms with E-state index >= 15 is 0 Å². The summed E-state index contributed by atoms with van der Waals surface area (Å²) in [7, 11) is 0. The van der Waals surface area contributed by atoms with Gasteiger partial charge in [0.2, 0.25) is 11.7 Å². The number of nitrogens with one attached hydrogen (secondary N) is 1. The van der Waals surface area contributed by atoms with Crippen LogP contribution in [0.2, 0.25) is 0 Å². The van der Waals surface area contributed by atoms with Crippen molar-refractivity contribution in [3.8, 4) is 0 Å². The summed E-state index contributed by atoms with van der Waals surface area (Å²) in [5.74, 6) is -0.821. The third-order valence-corrected chi connectivity index (χ3v) is 3.52. The third kappa shape index (κ3) is 4.22. The Balaban J connectivity index is 1.81. The summed E-state index contributed by atoms with van der Waals surface area (Å²) in [4.78, 5) is 23.5. The van der Waals surface area contributed by atoms with Crippen LogP contribution in [0.25, 0.3) is 0 Å². The third-order valence-electron chi connectivity index (χ3n) is 3.52. The average molecular weight is 295 g/mol. The number of halogens is 1. The number of nitro benzene ring substituents is 1. The molecule has 1 fully saturated rings. The van der Waals surface area contributed by atoms with Gasteiger partial charge in [-0.2, -0.15) is 4.39 Å². The molecule has 1 aliphatic heterocycles. The number of rotatable bonds is 5. The van der Waals surface area contributed by atoms with E-state index in [1.54, 1.807) is 0 Å². The van der Waals surface area contributed by atoms with Crippen LogP contribution in [0.5, 0.6) is 0 Å². The molecule has 0 aromatic heterocycles.